The highest BCUT2D eigenvalue weighted by Crippen LogP contribution is 2.32. The molecule has 0 aliphatic carbocycles. The molecule has 0 radical (unpaired) electrons. The van der Waals surface area contributed by atoms with E-state index in [1.165, 1.54) is 9.13 Å². The molecule has 180 valence electrons. The number of halogens is 1. The number of hydrogen-bond donors (Lipinski definition) is 0. The normalized spacial score (nSPS) is 11.5. The van der Waals surface area contributed by atoms with Crippen molar-refractivity contribution in [3.63, 3.8) is 0 Å². The number of ether oxygens (including phenoxy) is 2. The number of nitrogens with zero attached hydrogens (tertiary/aromatic N) is 5. The Morgan fingerprint density at radius 2 is 1.86 bits per heavy atom. The number of aromatic nitrogens is 5. The zero-order chi connectivity index (χ0) is 24.7. The van der Waals surface area contributed by atoms with Crippen LogP contribution in [0, 0.1) is 0 Å². The summed E-state index contributed by atoms with van der Waals surface area (Å²) >= 11 is 6.45. The maximum atomic E-state index is 13.5. The summed E-state index contributed by atoms with van der Waals surface area (Å²) < 4.78 is 16.9. The van der Waals surface area contributed by atoms with E-state index in [4.69, 9.17) is 26.1 Å². The molecule has 3 heterocycles. The van der Waals surface area contributed by atoms with Crippen molar-refractivity contribution in [1.82, 2.24) is 23.1 Å². The van der Waals surface area contributed by atoms with Crippen molar-refractivity contribution in [3.8, 4) is 22.7 Å². The van der Waals surface area contributed by atoms with Gasteiger partial charge in [0.15, 0.2) is 11.2 Å². The monoisotopic (exact) mass is 493 g/mol. The number of fused-ring (bicyclic) bond motifs is 3. The SMILES string of the molecule is CCOCCn1c(=O)c2c(nc3n(-c4ccc(OC)c(Cl)c4)c(-c4ccccc4)cn23)n(C)c1=O. The van der Waals surface area contributed by atoms with E-state index in [0.29, 0.717) is 34.3 Å². The van der Waals surface area contributed by atoms with E-state index in [0.717, 1.165) is 16.9 Å². The molecule has 0 saturated heterocycles. The largest absolute Gasteiger partial charge is 0.495 e. The number of benzene rings is 2. The quantitative estimate of drug-likeness (QED) is 0.324. The van der Waals surface area contributed by atoms with Gasteiger partial charge in [0.25, 0.3) is 5.56 Å². The van der Waals surface area contributed by atoms with Gasteiger partial charge in [0.2, 0.25) is 5.78 Å². The van der Waals surface area contributed by atoms with Gasteiger partial charge in [-0.3, -0.25) is 22.9 Å². The van der Waals surface area contributed by atoms with Gasteiger partial charge >= 0.3 is 5.69 Å². The van der Waals surface area contributed by atoms with Crippen LogP contribution < -0.4 is 16.0 Å². The number of hydrogen-bond acceptors (Lipinski definition) is 5. The van der Waals surface area contributed by atoms with Crippen LogP contribution in [0.4, 0.5) is 0 Å². The van der Waals surface area contributed by atoms with E-state index in [1.54, 1.807) is 30.7 Å². The van der Waals surface area contributed by atoms with Gasteiger partial charge in [0.1, 0.15) is 5.75 Å². The van der Waals surface area contributed by atoms with E-state index in [-0.39, 0.29) is 13.2 Å². The van der Waals surface area contributed by atoms with Crippen LogP contribution in [0.3, 0.4) is 0 Å². The van der Waals surface area contributed by atoms with E-state index >= 15 is 0 Å². The van der Waals surface area contributed by atoms with Crippen molar-refractivity contribution < 1.29 is 9.47 Å². The van der Waals surface area contributed by atoms with Crippen molar-refractivity contribution in [2.45, 2.75) is 13.5 Å². The predicted molar refractivity (Wildman–Crippen MR) is 135 cm³/mol. The summed E-state index contributed by atoms with van der Waals surface area (Å²) in [6.45, 7) is 2.79. The Bertz CT molecular complexity index is 1660. The fraction of sp³-hybridized carbons (Fsp3) is 0.240. The summed E-state index contributed by atoms with van der Waals surface area (Å²) in [7, 11) is 3.17. The summed E-state index contributed by atoms with van der Waals surface area (Å²) in [6.07, 6.45) is 1.86. The van der Waals surface area contributed by atoms with Gasteiger partial charge in [0, 0.05) is 25.4 Å². The van der Waals surface area contributed by atoms with Crippen LogP contribution in [-0.4, -0.2) is 43.4 Å². The highest BCUT2D eigenvalue weighted by atomic mass is 35.5. The fourth-order valence-corrected chi connectivity index (χ4v) is 4.51. The Morgan fingerprint density at radius 1 is 1.09 bits per heavy atom. The number of rotatable bonds is 7. The molecule has 35 heavy (non-hydrogen) atoms. The number of imidazole rings is 2. The maximum absolute atomic E-state index is 13.5. The van der Waals surface area contributed by atoms with Crippen LogP contribution in [0.25, 0.3) is 33.9 Å². The molecule has 0 unspecified atom stereocenters. The third-order valence-corrected chi connectivity index (χ3v) is 6.27. The van der Waals surface area contributed by atoms with Crippen molar-refractivity contribution >= 4 is 28.5 Å². The molecule has 0 aliphatic heterocycles. The van der Waals surface area contributed by atoms with Gasteiger partial charge in [-0.1, -0.05) is 41.9 Å². The molecule has 10 heteroatoms. The average molecular weight is 494 g/mol. The Kier molecular flexibility index (Phi) is 5.96. The van der Waals surface area contributed by atoms with Gasteiger partial charge in [0.05, 0.1) is 36.7 Å². The maximum Gasteiger partial charge on any atom is 0.332 e. The summed E-state index contributed by atoms with van der Waals surface area (Å²) in [5.74, 6) is 1.03. The van der Waals surface area contributed by atoms with Gasteiger partial charge in [-0.05, 0) is 25.1 Å². The molecule has 9 nitrogen and oxygen atoms in total. The van der Waals surface area contributed by atoms with Gasteiger partial charge in [-0.25, -0.2) is 4.79 Å². The molecule has 0 atom stereocenters. The van der Waals surface area contributed by atoms with Crippen LogP contribution in [0.15, 0.2) is 64.3 Å². The van der Waals surface area contributed by atoms with E-state index in [2.05, 4.69) is 0 Å². The second-order valence-corrected chi connectivity index (χ2v) is 8.39. The highest BCUT2D eigenvalue weighted by Gasteiger charge is 2.22. The third-order valence-electron chi connectivity index (χ3n) is 5.98. The molecule has 0 aliphatic rings. The predicted octanol–water partition coefficient (Wildman–Crippen LogP) is 3.50. The summed E-state index contributed by atoms with van der Waals surface area (Å²) in [6, 6.07) is 15.2. The molecule has 3 aromatic heterocycles. The topological polar surface area (TPSA) is 84.7 Å². The summed E-state index contributed by atoms with van der Waals surface area (Å²) in [5, 5.41) is 0.442. The third kappa shape index (κ3) is 3.73. The van der Waals surface area contributed by atoms with Gasteiger partial charge < -0.3 is 9.47 Å². The molecule has 0 saturated carbocycles. The second-order valence-electron chi connectivity index (χ2n) is 7.98. The molecule has 5 rings (SSSR count). The molecular formula is C25H24ClN5O4. The van der Waals surface area contributed by atoms with Crippen LogP contribution in [0.2, 0.25) is 5.02 Å². The Morgan fingerprint density at radius 3 is 2.54 bits per heavy atom. The Hall–Kier alpha value is -3.82. The molecule has 0 fully saturated rings. The lowest BCUT2D eigenvalue weighted by Gasteiger charge is -2.11. The molecule has 2 aromatic carbocycles. The fourth-order valence-electron chi connectivity index (χ4n) is 4.25. The minimum Gasteiger partial charge on any atom is -0.495 e. The van der Waals surface area contributed by atoms with Crippen LogP contribution in [0.5, 0.6) is 5.75 Å². The molecular weight excluding hydrogens is 470 g/mol. The molecule has 5 aromatic rings. The van der Waals surface area contributed by atoms with Crippen molar-refractivity contribution in [2.24, 2.45) is 7.05 Å². The smallest absolute Gasteiger partial charge is 0.332 e. The molecule has 0 bridgehead atoms. The van der Waals surface area contributed by atoms with Crippen LogP contribution in [0.1, 0.15) is 6.92 Å². The molecule has 0 amide bonds. The second kappa shape index (κ2) is 9.09. The standard InChI is InChI=1S/C25H24ClN5O4/c1-4-35-13-12-29-23(32)21-22(28(2)25(29)33)27-24-30(21)15-19(16-8-6-5-7-9-16)31(24)17-10-11-20(34-3)18(26)14-17/h5-11,14-15H,4,12-13H2,1-3H3. The summed E-state index contributed by atoms with van der Waals surface area (Å²) in [5.41, 5.74) is 2.24. The highest BCUT2D eigenvalue weighted by molar-refractivity contribution is 6.32. The van der Waals surface area contributed by atoms with Crippen LogP contribution >= 0.6 is 11.6 Å². The van der Waals surface area contributed by atoms with Crippen molar-refractivity contribution in [3.05, 3.63) is 80.6 Å². The number of methoxy groups -OCH3 is 1. The average Bonchev–Trinajstić information content (AvgIpc) is 3.42. The molecule has 0 spiro atoms. The first-order valence-corrected chi connectivity index (χ1v) is 11.5. The van der Waals surface area contributed by atoms with Crippen molar-refractivity contribution in [1.29, 1.82) is 0 Å². The zero-order valence-corrected chi connectivity index (χ0v) is 20.3. The van der Waals surface area contributed by atoms with E-state index in [9.17, 15) is 9.59 Å². The Labute approximate surface area is 205 Å². The van der Waals surface area contributed by atoms with Gasteiger partial charge in [-0.15, -0.1) is 0 Å². The lowest BCUT2D eigenvalue weighted by Crippen LogP contribution is -2.40. The van der Waals surface area contributed by atoms with Crippen LogP contribution in [-0.2, 0) is 18.3 Å². The first kappa shape index (κ1) is 22.9. The number of aryl methyl sites for hydroxylation is 1. The van der Waals surface area contributed by atoms with Crippen molar-refractivity contribution in [2.75, 3.05) is 20.3 Å². The van der Waals surface area contributed by atoms with E-state index < -0.39 is 11.2 Å². The Balaban J connectivity index is 1.85. The lowest BCUT2D eigenvalue weighted by atomic mass is 10.1. The first-order valence-electron chi connectivity index (χ1n) is 11.2. The summed E-state index contributed by atoms with van der Waals surface area (Å²) in [4.78, 5) is 31.2. The minimum atomic E-state index is -0.440. The minimum absolute atomic E-state index is 0.156. The first-order chi connectivity index (χ1) is 17.0. The van der Waals surface area contributed by atoms with Gasteiger partial charge in [-0.2, -0.15) is 4.98 Å². The lowest BCUT2D eigenvalue weighted by molar-refractivity contribution is 0.137. The van der Waals surface area contributed by atoms with E-state index in [1.807, 2.05) is 54.1 Å². The molecule has 0 N–H and O–H groups in total. The zero-order valence-electron chi connectivity index (χ0n) is 19.6.